The fourth-order valence-corrected chi connectivity index (χ4v) is 1.79. The van der Waals surface area contributed by atoms with E-state index < -0.39 is 11.9 Å². The molecule has 0 atom stereocenters. The Hall–Kier alpha value is -2.83. The highest BCUT2D eigenvalue weighted by Gasteiger charge is 2.15. The molecule has 1 aromatic carbocycles. The Morgan fingerprint density at radius 1 is 1.30 bits per heavy atom. The summed E-state index contributed by atoms with van der Waals surface area (Å²) in [5, 5.41) is 2.41. The molecule has 0 saturated heterocycles. The van der Waals surface area contributed by atoms with Gasteiger partial charge in [0.1, 0.15) is 12.0 Å². The van der Waals surface area contributed by atoms with E-state index in [4.69, 9.17) is 13.9 Å². The van der Waals surface area contributed by atoms with Crippen molar-refractivity contribution in [3.8, 4) is 5.75 Å². The third-order valence-electron chi connectivity index (χ3n) is 2.91. The maximum absolute atomic E-state index is 11.8. The van der Waals surface area contributed by atoms with Gasteiger partial charge in [-0.1, -0.05) is 19.1 Å². The molecule has 0 spiro atoms. The number of esters is 1. The Balaban J connectivity index is 1.86. The maximum Gasteiger partial charge on any atom is 0.360 e. The lowest BCUT2D eigenvalue weighted by molar-refractivity contribution is -0.118. The predicted octanol–water partition coefficient (Wildman–Crippen LogP) is 2.43. The lowest BCUT2D eigenvalue weighted by atomic mass is 10.2. The van der Waals surface area contributed by atoms with Gasteiger partial charge in [-0.15, -0.1) is 0 Å². The second kappa shape index (κ2) is 7.98. The van der Waals surface area contributed by atoms with Crippen molar-refractivity contribution >= 4 is 17.9 Å². The highest BCUT2D eigenvalue weighted by molar-refractivity contribution is 5.91. The van der Waals surface area contributed by atoms with E-state index in [-0.39, 0.29) is 24.9 Å². The van der Waals surface area contributed by atoms with E-state index in [9.17, 15) is 9.59 Å². The number of hydrogen-bond donors (Lipinski definition) is 1. The Bertz CT molecular complexity index is 681. The molecule has 0 saturated carbocycles. The largest absolute Gasteiger partial charge is 0.484 e. The molecule has 1 N–H and O–H groups in total. The van der Waals surface area contributed by atoms with Crippen LogP contribution in [-0.4, -0.2) is 30.1 Å². The third kappa shape index (κ3) is 4.84. The van der Waals surface area contributed by atoms with Crippen LogP contribution in [0.25, 0.3) is 0 Å². The van der Waals surface area contributed by atoms with Gasteiger partial charge in [0.15, 0.2) is 12.3 Å². The monoisotopic (exact) mass is 318 g/mol. The molecule has 1 heterocycles. The van der Waals surface area contributed by atoms with E-state index >= 15 is 0 Å². The topological polar surface area (TPSA) is 90.7 Å². The number of carbonyl (C=O) groups is 2. The molecule has 0 unspecified atom stereocenters. The number of aromatic nitrogens is 1. The van der Waals surface area contributed by atoms with Gasteiger partial charge in [-0.2, -0.15) is 4.98 Å². The summed E-state index contributed by atoms with van der Waals surface area (Å²) in [6.07, 6.45) is 2.01. The normalized spacial score (nSPS) is 10.2. The first kappa shape index (κ1) is 16.5. The summed E-state index contributed by atoms with van der Waals surface area (Å²) in [4.78, 5) is 27.0. The van der Waals surface area contributed by atoms with Crippen molar-refractivity contribution in [2.75, 3.05) is 18.5 Å². The van der Waals surface area contributed by atoms with Crippen molar-refractivity contribution in [2.24, 2.45) is 0 Å². The quantitative estimate of drug-likeness (QED) is 0.788. The van der Waals surface area contributed by atoms with Crippen LogP contribution < -0.4 is 10.1 Å². The highest BCUT2D eigenvalue weighted by Crippen LogP contribution is 2.14. The molecule has 7 nitrogen and oxygen atoms in total. The zero-order valence-corrected chi connectivity index (χ0v) is 13.0. The van der Waals surface area contributed by atoms with E-state index in [1.807, 2.05) is 25.1 Å². The third-order valence-corrected chi connectivity index (χ3v) is 2.91. The van der Waals surface area contributed by atoms with Crippen molar-refractivity contribution < 1.29 is 23.5 Å². The molecule has 1 amide bonds. The second-order valence-electron chi connectivity index (χ2n) is 4.60. The summed E-state index contributed by atoms with van der Waals surface area (Å²) < 4.78 is 15.2. The molecule has 0 aliphatic rings. The molecule has 0 fully saturated rings. The lowest BCUT2D eigenvalue weighted by Crippen LogP contribution is -2.20. The van der Waals surface area contributed by atoms with Crippen LogP contribution in [0.3, 0.4) is 0 Å². The summed E-state index contributed by atoms with van der Waals surface area (Å²) in [5.41, 5.74) is 1.12. The Labute approximate surface area is 133 Å². The van der Waals surface area contributed by atoms with Gasteiger partial charge in [0.2, 0.25) is 0 Å². The van der Waals surface area contributed by atoms with Gasteiger partial charge >= 0.3 is 12.0 Å². The fourth-order valence-electron chi connectivity index (χ4n) is 1.79. The first-order valence-electron chi connectivity index (χ1n) is 7.26. The summed E-state index contributed by atoms with van der Waals surface area (Å²) in [5.74, 6) is -0.437. The van der Waals surface area contributed by atoms with Crippen LogP contribution in [0.15, 0.2) is 34.9 Å². The summed E-state index contributed by atoms with van der Waals surface area (Å²) in [6, 6.07) is 7.42. The van der Waals surface area contributed by atoms with Gasteiger partial charge < -0.3 is 13.9 Å². The van der Waals surface area contributed by atoms with Crippen LogP contribution in [0, 0.1) is 0 Å². The average Bonchev–Trinajstić information content (AvgIpc) is 3.02. The number of anilines is 1. The van der Waals surface area contributed by atoms with Crippen LogP contribution in [0.2, 0.25) is 0 Å². The number of aryl methyl sites for hydroxylation is 1. The molecular weight excluding hydrogens is 300 g/mol. The average molecular weight is 318 g/mol. The zero-order chi connectivity index (χ0) is 16.7. The zero-order valence-electron chi connectivity index (χ0n) is 13.0. The van der Waals surface area contributed by atoms with Crippen LogP contribution in [0.5, 0.6) is 5.75 Å². The van der Waals surface area contributed by atoms with Gasteiger partial charge in [0.25, 0.3) is 5.91 Å². The number of amides is 1. The molecule has 0 aliphatic carbocycles. The van der Waals surface area contributed by atoms with Crippen molar-refractivity contribution in [1.82, 2.24) is 4.98 Å². The molecule has 1 aromatic heterocycles. The van der Waals surface area contributed by atoms with Crippen LogP contribution in [-0.2, 0) is 16.0 Å². The number of rotatable bonds is 7. The van der Waals surface area contributed by atoms with Crippen molar-refractivity contribution in [3.63, 3.8) is 0 Å². The minimum absolute atomic E-state index is 0.00119. The smallest absolute Gasteiger partial charge is 0.360 e. The fraction of sp³-hybridized carbons (Fsp3) is 0.312. The SMILES string of the molecule is CCOC(=O)c1coc(NC(=O)COc2cccc(CC)c2)n1. The number of nitrogens with zero attached hydrogens (tertiary/aromatic N) is 1. The van der Waals surface area contributed by atoms with Gasteiger partial charge in [0.05, 0.1) is 6.61 Å². The minimum Gasteiger partial charge on any atom is -0.484 e. The summed E-state index contributed by atoms with van der Waals surface area (Å²) in [7, 11) is 0. The lowest BCUT2D eigenvalue weighted by Gasteiger charge is -2.06. The summed E-state index contributed by atoms with van der Waals surface area (Å²) in [6.45, 7) is 3.77. The Morgan fingerprint density at radius 2 is 2.13 bits per heavy atom. The van der Waals surface area contributed by atoms with E-state index in [1.165, 1.54) is 0 Å². The number of benzene rings is 1. The molecule has 23 heavy (non-hydrogen) atoms. The maximum atomic E-state index is 11.8. The molecule has 2 rings (SSSR count). The number of nitrogens with one attached hydrogen (secondary N) is 1. The van der Waals surface area contributed by atoms with Gasteiger partial charge in [-0.3, -0.25) is 10.1 Å². The first-order chi connectivity index (χ1) is 11.1. The van der Waals surface area contributed by atoms with E-state index in [0.717, 1.165) is 18.2 Å². The second-order valence-corrected chi connectivity index (χ2v) is 4.60. The molecule has 0 aliphatic heterocycles. The van der Waals surface area contributed by atoms with Crippen LogP contribution in [0.1, 0.15) is 29.9 Å². The molecule has 7 heteroatoms. The molecule has 122 valence electrons. The number of ether oxygens (including phenoxy) is 2. The molecular formula is C16H18N2O5. The van der Waals surface area contributed by atoms with Crippen LogP contribution in [0.4, 0.5) is 6.01 Å². The highest BCUT2D eigenvalue weighted by atomic mass is 16.5. The van der Waals surface area contributed by atoms with E-state index in [1.54, 1.807) is 13.0 Å². The standard InChI is InChI=1S/C16H18N2O5/c1-3-11-6-5-7-12(8-11)22-10-14(19)18-16-17-13(9-23-16)15(20)21-4-2/h5-9H,3-4,10H2,1-2H3,(H,17,18,19). The predicted molar refractivity (Wildman–Crippen MR) is 82.4 cm³/mol. The Kier molecular flexibility index (Phi) is 5.74. The van der Waals surface area contributed by atoms with Crippen LogP contribution >= 0.6 is 0 Å². The van der Waals surface area contributed by atoms with Crippen molar-refractivity contribution in [2.45, 2.75) is 20.3 Å². The Morgan fingerprint density at radius 3 is 2.87 bits per heavy atom. The summed E-state index contributed by atoms with van der Waals surface area (Å²) >= 11 is 0. The molecule has 0 bridgehead atoms. The molecule has 0 radical (unpaired) electrons. The van der Waals surface area contributed by atoms with Gasteiger partial charge in [0, 0.05) is 0 Å². The number of carbonyl (C=O) groups excluding carboxylic acids is 2. The number of oxazole rings is 1. The van der Waals surface area contributed by atoms with Gasteiger partial charge in [-0.05, 0) is 31.0 Å². The number of hydrogen-bond acceptors (Lipinski definition) is 6. The van der Waals surface area contributed by atoms with E-state index in [2.05, 4.69) is 10.3 Å². The van der Waals surface area contributed by atoms with Gasteiger partial charge in [-0.25, -0.2) is 4.79 Å². The van der Waals surface area contributed by atoms with E-state index in [0.29, 0.717) is 5.75 Å². The van der Waals surface area contributed by atoms with Crippen molar-refractivity contribution in [3.05, 3.63) is 41.8 Å². The molecule has 2 aromatic rings. The van der Waals surface area contributed by atoms with Crippen molar-refractivity contribution in [1.29, 1.82) is 0 Å². The first-order valence-corrected chi connectivity index (χ1v) is 7.26. The minimum atomic E-state index is -0.607.